The van der Waals surface area contributed by atoms with E-state index >= 15 is 0 Å². The van der Waals surface area contributed by atoms with Gasteiger partial charge >= 0.3 is 5.97 Å². The fourth-order valence-electron chi connectivity index (χ4n) is 1.66. The number of halogens is 1. The lowest BCUT2D eigenvalue weighted by Gasteiger charge is -2.21. The molecular formula is C14H20ClNO2. The van der Waals surface area contributed by atoms with Gasteiger partial charge in [0.1, 0.15) is 5.60 Å². The molecule has 0 fully saturated rings. The molecule has 1 unspecified atom stereocenters. The Kier molecular flexibility index (Phi) is 4.77. The third-order valence-corrected chi connectivity index (χ3v) is 2.52. The van der Waals surface area contributed by atoms with Crippen LogP contribution in [-0.2, 0) is 9.53 Å². The van der Waals surface area contributed by atoms with Crippen molar-refractivity contribution in [1.82, 2.24) is 0 Å². The van der Waals surface area contributed by atoms with Crippen LogP contribution < -0.4 is 5.73 Å². The molecule has 100 valence electrons. The van der Waals surface area contributed by atoms with Crippen molar-refractivity contribution in [2.75, 3.05) is 0 Å². The average molecular weight is 270 g/mol. The first-order chi connectivity index (χ1) is 8.17. The third-order valence-electron chi connectivity index (χ3n) is 2.30. The molecule has 2 N–H and O–H groups in total. The van der Waals surface area contributed by atoms with E-state index in [1.54, 1.807) is 6.07 Å². The van der Waals surface area contributed by atoms with Gasteiger partial charge in [-0.3, -0.25) is 4.79 Å². The maximum Gasteiger partial charge on any atom is 0.308 e. The molecule has 0 aromatic heterocycles. The number of benzene rings is 1. The molecule has 0 bridgehead atoms. The number of ether oxygens (including phenoxy) is 1. The summed E-state index contributed by atoms with van der Waals surface area (Å²) in [6.45, 7) is 7.44. The van der Waals surface area contributed by atoms with Crippen molar-refractivity contribution in [2.24, 2.45) is 5.73 Å². The number of carbonyl (C=O) groups excluding carboxylic acids is 1. The summed E-state index contributed by atoms with van der Waals surface area (Å²) in [4.78, 5) is 11.7. The molecule has 4 heteroatoms. The highest BCUT2D eigenvalue weighted by atomic mass is 35.5. The van der Waals surface area contributed by atoms with Crippen LogP contribution in [0.15, 0.2) is 18.2 Å². The van der Waals surface area contributed by atoms with Gasteiger partial charge in [-0.15, -0.1) is 0 Å². The van der Waals surface area contributed by atoms with Gasteiger partial charge in [0.25, 0.3) is 0 Å². The highest BCUT2D eigenvalue weighted by Crippen LogP contribution is 2.22. The molecular weight excluding hydrogens is 250 g/mol. The van der Waals surface area contributed by atoms with Crippen molar-refractivity contribution in [2.45, 2.75) is 45.8 Å². The van der Waals surface area contributed by atoms with Crippen molar-refractivity contribution in [3.05, 3.63) is 34.3 Å². The predicted molar refractivity (Wildman–Crippen MR) is 73.6 cm³/mol. The molecule has 0 aliphatic rings. The number of esters is 1. The maximum absolute atomic E-state index is 11.7. The molecule has 0 aliphatic carbocycles. The first kappa shape index (κ1) is 15.0. The molecule has 0 aliphatic heterocycles. The van der Waals surface area contributed by atoms with Crippen LogP contribution in [0.5, 0.6) is 0 Å². The van der Waals surface area contributed by atoms with E-state index in [0.717, 1.165) is 11.1 Å². The van der Waals surface area contributed by atoms with E-state index in [1.807, 2.05) is 39.8 Å². The third kappa shape index (κ3) is 5.07. The minimum atomic E-state index is -0.485. The molecule has 18 heavy (non-hydrogen) atoms. The molecule has 0 saturated carbocycles. The Morgan fingerprint density at radius 3 is 2.50 bits per heavy atom. The molecule has 0 spiro atoms. The van der Waals surface area contributed by atoms with Gasteiger partial charge in [-0.2, -0.15) is 0 Å². The number of hydrogen-bond acceptors (Lipinski definition) is 3. The second-order valence-corrected chi connectivity index (χ2v) is 5.90. The highest BCUT2D eigenvalue weighted by molar-refractivity contribution is 6.30. The summed E-state index contributed by atoms with van der Waals surface area (Å²) in [7, 11) is 0. The lowest BCUT2D eigenvalue weighted by atomic mass is 10.0. The van der Waals surface area contributed by atoms with Crippen LogP contribution in [0.2, 0.25) is 5.02 Å². The quantitative estimate of drug-likeness (QED) is 0.856. The predicted octanol–water partition coefficient (Wildman–Crippen LogP) is 3.38. The van der Waals surface area contributed by atoms with Crippen LogP contribution in [0.4, 0.5) is 0 Å². The summed E-state index contributed by atoms with van der Waals surface area (Å²) in [5.74, 6) is -0.298. The normalized spacial score (nSPS) is 13.2. The molecule has 3 nitrogen and oxygen atoms in total. The number of nitrogens with two attached hydrogens (primary N) is 1. The number of hydrogen-bond donors (Lipinski definition) is 1. The maximum atomic E-state index is 11.7. The SMILES string of the molecule is Cc1cc(Cl)cc(C(N)CC(=O)OC(C)(C)C)c1. The monoisotopic (exact) mass is 269 g/mol. The zero-order valence-electron chi connectivity index (χ0n) is 11.3. The lowest BCUT2D eigenvalue weighted by molar-refractivity contribution is -0.155. The van der Waals surface area contributed by atoms with Gasteiger partial charge in [0.2, 0.25) is 0 Å². The van der Waals surface area contributed by atoms with Crippen molar-refractivity contribution in [3.63, 3.8) is 0 Å². The molecule has 1 rings (SSSR count). The van der Waals surface area contributed by atoms with Crippen molar-refractivity contribution < 1.29 is 9.53 Å². The molecule has 0 radical (unpaired) electrons. The second-order valence-electron chi connectivity index (χ2n) is 5.46. The minimum absolute atomic E-state index is 0.150. The first-order valence-corrected chi connectivity index (χ1v) is 6.30. The topological polar surface area (TPSA) is 52.3 Å². The molecule has 1 atom stereocenters. The standard InChI is InChI=1S/C14H20ClNO2/c1-9-5-10(7-11(15)6-9)12(16)8-13(17)18-14(2,3)4/h5-7,12H,8,16H2,1-4H3. The van der Waals surface area contributed by atoms with E-state index in [1.165, 1.54) is 0 Å². The van der Waals surface area contributed by atoms with Crippen LogP contribution in [0.25, 0.3) is 0 Å². The van der Waals surface area contributed by atoms with E-state index in [4.69, 9.17) is 22.1 Å². The average Bonchev–Trinajstić information content (AvgIpc) is 2.12. The Bertz CT molecular complexity index is 418. The van der Waals surface area contributed by atoms with E-state index < -0.39 is 11.6 Å². The van der Waals surface area contributed by atoms with Crippen LogP contribution in [0.1, 0.15) is 44.4 Å². The second kappa shape index (κ2) is 5.72. The van der Waals surface area contributed by atoms with Crippen LogP contribution in [-0.4, -0.2) is 11.6 Å². The fraction of sp³-hybridized carbons (Fsp3) is 0.500. The highest BCUT2D eigenvalue weighted by Gasteiger charge is 2.19. The largest absolute Gasteiger partial charge is 0.460 e. The van der Waals surface area contributed by atoms with Gasteiger partial charge in [0.05, 0.1) is 6.42 Å². The summed E-state index contributed by atoms with van der Waals surface area (Å²) < 4.78 is 5.24. The van der Waals surface area contributed by atoms with Crippen LogP contribution >= 0.6 is 11.6 Å². The number of rotatable bonds is 3. The van der Waals surface area contributed by atoms with Crippen LogP contribution in [0.3, 0.4) is 0 Å². The Morgan fingerprint density at radius 2 is 2.00 bits per heavy atom. The van der Waals surface area contributed by atoms with E-state index in [0.29, 0.717) is 5.02 Å². The Hall–Kier alpha value is -1.06. The van der Waals surface area contributed by atoms with Gasteiger partial charge in [0.15, 0.2) is 0 Å². The molecule has 0 saturated heterocycles. The summed E-state index contributed by atoms with van der Waals surface area (Å²) in [6.07, 6.45) is 0.150. The molecule has 1 aromatic carbocycles. The van der Waals surface area contributed by atoms with E-state index in [9.17, 15) is 4.79 Å². The lowest BCUT2D eigenvalue weighted by Crippen LogP contribution is -2.26. The summed E-state index contributed by atoms with van der Waals surface area (Å²) in [5.41, 5.74) is 7.39. The van der Waals surface area contributed by atoms with Crippen molar-refractivity contribution in [1.29, 1.82) is 0 Å². The molecule has 0 heterocycles. The summed E-state index contributed by atoms with van der Waals surface area (Å²) in [5, 5.41) is 0.629. The van der Waals surface area contributed by atoms with E-state index in [2.05, 4.69) is 0 Å². The number of aryl methyl sites for hydroxylation is 1. The van der Waals surface area contributed by atoms with Crippen molar-refractivity contribution >= 4 is 17.6 Å². The summed E-state index contributed by atoms with van der Waals surface area (Å²) in [6, 6.07) is 5.17. The van der Waals surface area contributed by atoms with Gasteiger partial charge in [-0.1, -0.05) is 17.7 Å². The Morgan fingerprint density at radius 1 is 1.39 bits per heavy atom. The molecule has 1 aromatic rings. The zero-order chi connectivity index (χ0) is 13.9. The summed E-state index contributed by atoms with van der Waals surface area (Å²) >= 11 is 5.97. The Labute approximate surface area is 113 Å². The van der Waals surface area contributed by atoms with Gasteiger partial charge in [0, 0.05) is 11.1 Å². The van der Waals surface area contributed by atoms with Gasteiger partial charge in [-0.05, 0) is 51.0 Å². The van der Waals surface area contributed by atoms with Crippen LogP contribution in [0, 0.1) is 6.92 Å². The van der Waals surface area contributed by atoms with Crippen molar-refractivity contribution in [3.8, 4) is 0 Å². The fourth-order valence-corrected chi connectivity index (χ4v) is 1.96. The molecule has 0 amide bonds. The number of carbonyl (C=O) groups is 1. The first-order valence-electron chi connectivity index (χ1n) is 5.92. The van der Waals surface area contributed by atoms with E-state index in [-0.39, 0.29) is 12.4 Å². The minimum Gasteiger partial charge on any atom is -0.460 e. The zero-order valence-corrected chi connectivity index (χ0v) is 12.0. The smallest absolute Gasteiger partial charge is 0.308 e. The van der Waals surface area contributed by atoms with Gasteiger partial charge in [-0.25, -0.2) is 0 Å². The Balaban J connectivity index is 2.70. The van der Waals surface area contributed by atoms with Gasteiger partial charge < -0.3 is 10.5 Å².